The molecule has 0 aromatic heterocycles. The molecule has 3 aromatic carbocycles. The predicted molar refractivity (Wildman–Crippen MR) is 110 cm³/mol. The van der Waals surface area contributed by atoms with E-state index < -0.39 is 0 Å². The second-order valence-electron chi connectivity index (χ2n) is 7.67. The van der Waals surface area contributed by atoms with E-state index in [-0.39, 0.29) is 5.41 Å². The van der Waals surface area contributed by atoms with Crippen molar-refractivity contribution in [1.29, 1.82) is 0 Å². The summed E-state index contributed by atoms with van der Waals surface area (Å²) in [5.74, 6) is 1.79. The molecule has 3 aromatic rings. The molecule has 1 nitrogen and oxygen atoms in total. The summed E-state index contributed by atoms with van der Waals surface area (Å²) in [6.45, 7) is 6.82. The highest BCUT2D eigenvalue weighted by Gasteiger charge is 2.19. The first kappa shape index (κ1) is 18.3. The Balaban J connectivity index is 1.58. The van der Waals surface area contributed by atoms with Gasteiger partial charge in [-0.05, 0) is 67.0 Å². The highest BCUT2D eigenvalue weighted by Crippen LogP contribution is 2.30. The van der Waals surface area contributed by atoms with Crippen molar-refractivity contribution in [1.82, 2.24) is 0 Å². The highest BCUT2D eigenvalue weighted by molar-refractivity contribution is 5.34. The zero-order valence-electron chi connectivity index (χ0n) is 16.0. The zero-order chi connectivity index (χ0) is 18.4. The van der Waals surface area contributed by atoms with Gasteiger partial charge in [0.05, 0.1) is 0 Å². The Morgan fingerprint density at radius 2 is 1.46 bits per heavy atom. The van der Waals surface area contributed by atoms with Crippen LogP contribution in [0.3, 0.4) is 0 Å². The smallest absolute Gasteiger partial charge is 0.127 e. The quantitative estimate of drug-likeness (QED) is 0.444. The molecule has 0 amide bonds. The number of hydrogen-bond donors (Lipinski definition) is 0. The van der Waals surface area contributed by atoms with Crippen LogP contribution >= 0.6 is 0 Å². The number of aryl methyl sites for hydroxylation is 2. The molecule has 3 rings (SSSR count). The van der Waals surface area contributed by atoms with Crippen molar-refractivity contribution in [3.8, 4) is 11.5 Å². The first-order chi connectivity index (χ1) is 12.5. The topological polar surface area (TPSA) is 9.23 Å². The van der Waals surface area contributed by atoms with Crippen molar-refractivity contribution in [3.63, 3.8) is 0 Å². The summed E-state index contributed by atoms with van der Waals surface area (Å²) in [4.78, 5) is 0. The molecule has 0 radical (unpaired) electrons. The predicted octanol–water partition coefficient (Wildman–Crippen LogP) is 7.09. The van der Waals surface area contributed by atoms with Crippen LogP contribution in [0, 0.1) is 6.92 Å². The van der Waals surface area contributed by atoms with Crippen LogP contribution < -0.4 is 4.74 Å². The molecule has 0 unspecified atom stereocenters. The molecule has 0 atom stereocenters. The molecular formula is C25H28O. The minimum absolute atomic E-state index is 0.200. The van der Waals surface area contributed by atoms with Gasteiger partial charge in [0.25, 0.3) is 0 Å². The van der Waals surface area contributed by atoms with Gasteiger partial charge >= 0.3 is 0 Å². The molecule has 0 N–H and O–H groups in total. The van der Waals surface area contributed by atoms with Crippen LogP contribution in [-0.2, 0) is 11.8 Å². The van der Waals surface area contributed by atoms with Crippen LogP contribution in [0.4, 0.5) is 0 Å². The van der Waals surface area contributed by atoms with E-state index in [0.717, 1.165) is 24.3 Å². The SMILES string of the molecule is Cc1ccc(C(C)(C)CCCc2cccc(Oc3ccccc3)c2)cc1. The van der Waals surface area contributed by atoms with Gasteiger partial charge in [-0.15, -0.1) is 0 Å². The molecular weight excluding hydrogens is 316 g/mol. The van der Waals surface area contributed by atoms with Crippen LogP contribution in [0.2, 0.25) is 0 Å². The Morgan fingerprint density at radius 3 is 2.19 bits per heavy atom. The lowest BCUT2D eigenvalue weighted by molar-refractivity contribution is 0.460. The van der Waals surface area contributed by atoms with Crippen LogP contribution in [-0.4, -0.2) is 0 Å². The summed E-state index contributed by atoms with van der Waals surface area (Å²) >= 11 is 0. The first-order valence-corrected chi connectivity index (χ1v) is 9.42. The van der Waals surface area contributed by atoms with Gasteiger partial charge in [-0.2, -0.15) is 0 Å². The molecule has 0 aliphatic carbocycles. The third-order valence-electron chi connectivity index (χ3n) is 4.98. The maximum atomic E-state index is 5.95. The first-order valence-electron chi connectivity index (χ1n) is 9.42. The third kappa shape index (κ3) is 4.98. The Bertz CT molecular complexity index is 816. The van der Waals surface area contributed by atoms with Crippen molar-refractivity contribution in [2.24, 2.45) is 0 Å². The Morgan fingerprint density at radius 1 is 0.769 bits per heavy atom. The highest BCUT2D eigenvalue weighted by atomic mass is 16.5. The summed E-state index contributed by atoms with van der Waals surface area (Å²) in [6, 6.07) is 27.4. The van der Waals surface area contributed by atoms with Gasteiger partial charge in [-0.3, -0.25) is 0 Å². The minimum Gasteiger partial charge on any atom is -0.457 e. The Kier molecular flexibility index (Phi) is 5.78. The van der Waals surface area contributed by atoms with Gasteiger partial charge in [-0.1, -0.05) is 74.0 Å². The normalized spacial score (nSPS) is 11.3. The van der Waals surface area contributed by atoms with E-state index in [1.165, 1.54) is 23.1 Å². The monoisotopic (exact) mass is 344 g/mol. The second kappa shape index (κ2) is 8.23. The van der Waals surface area contributed by atoms with Crippen LogP contribution in [0.15, 0.2) is 78.9 Å². The lowest BCUT2D eigenvalue weighted by Crippen LogP contribution is -2.17. The molecule has 0 fully saturated rings. The van der Waals surface area contributed by atoms with Gasteiger partial charge in [-0.25, -0.2) is 0 Å². The Hall–Kier alpha value is -2.54. The summed E-state index contributed by atoms with van der Waals surface area (Å²) in [5.41, 5.74) is 4.27. The molecule has 0 bridgehead atoms. The molecule has 0 saturated heterocycles. The standard InChI is InChI=1S/C25H28O/c1-20-14-16-22(17-15-20)25(2,3)18-8-10-21-9-7-13-24(19-21)26-23-11-5-4-6-12-23/h4-7,9,11-17,19H,8,10,18H2,1-3H3. The van der Waals surface area contributed by atoms with E-state index in [0.29, 0.717) is 0 Å². The van der Waals surface area contributed by atoms with E-state index in [2.05, 4.69) is 63.2 Å². The van der Waals surface area contributed by atoms with Crippen LogP contribution in [0.25, 0.3) is 0 Å². The fourth-order valence-corrected chi connectivity index (χ4v) is 3.27. The minimum atomic E-state index is 0.200. The molecule has 134 valence electrons. The van der Waals surface area contributed by atoms with Crippen molar-refractivity contribution in [2.75, 3.05) is 0 Å². The lowest BCUT2D eigenvalue weighted by Gasteiger charge is -2.25. The molecule has 0 saturated carbocycles. The maximum Gasteiger partial charge on any atom is 0.127 e. The summed E-state index contributed by atoms with van der Waals surface area (Å²) < 4.78 is 5.95. The molecule has 0 heterocycles. The number of ether oxygens (including phenoxy) is 1. The average molecular weight is 344 g/mol. The van der Waals surface area contributed by atoms with Crippen molar-refractivity contribution in [2.45, 2.75) is 45.4 Å². The van der Waals surface area contributed by atoms with Gasteiger partial charge in [0, 0.05) is 0 Å². The van der Waals surface area contributed by atoms with E-state index in [1.54, 1.807) is 0 Å². The number of benzene rings is 3. The molecule has 26 heavy (non-hydrogen) atoms. The van der Waals surface area contributed by atoms with Crippen LogP contribution in [0.1, 0.15) is 43.4 Å². The molecule has 0 spiro atoms. The number of hydrogen-bond acceptors (Lipinski definition) is 1. The van der Waals surface area contributed by atoms with E-state index in [4.69, 9.17) is 4.74 Å². The van der Waals surface area contributed by atoms with Gasteiger partial charge in [0.2, 0.25) is 0 Å². The second-order valence-corrected chi connectivity index (χ2v) is 7.67. The number of rotatable bonds is 7. The fourth-order valence-electron chi connectivity index (χ4n) is 3.27. The molecule has 1 heteroatoms. The van der Waals surface area contributed by atoms with Crippen molar-refractivity contribution < 1.29 is 4.74 Å². The molecule has 0 aliphatic rings. The largest absolute Gasteiger partial charge is 0.457 e. The summed E-state index contributed by atoms with van der Waals surface area (Å²) in [7, 11) is 0. The van der Waals surface area contributed by atoms with Crippen LogP contribution in [0.5, 0.6) is 11.5 Å². The summed E-state index contributed by atoms with van der Waals surface area (Å²) in [6.07, 6.45) is 3.40. The van der Waals surface area contributed by atoms with Crippen molar-refractivity contribution >= 4 is 0 Å². The average Bonchev–Trinajstić information content (AvgIpc) is 2.63. The summed E-state index contributed by atoms with van der Waals surface area (Å²) in [5, 5.41) is 0. The fraction of sp³-hybridized carbons (Fsp3) is 0.280. The van der Waals surface area contributed by atoms with Gasteiger partial charge in [0.15, 0.2) is 0 Å². The van der Waals surface area contributed by atoms with Gasteiger partial charge < -0.3 is 4.74 Å². The Labute approximate surface area is 157 Å². The van der Waals surface area contributed by atoms with E-state index in [1.807, 2.05) is 36.4 Å². The third-order valence-corrected chi connectivity index (χ3v) is 4.98. The lowest BCUT2D eigenvalue weighted by atomic mass is 9.79. The number of para-hydroxylation sites is 1. The van der Waals surface area contributed by atoms with E-state index >= 15 is 0 Å². The van der Waals surface area contributed by atoms with E-state index in [9.17, 15) is 0 Å². The van der Waals surface area contributed by atoms with Crippen molar-refractivity contribution in [3.05, 3.63) is 95.6 Å². The zero-order valence-corrected chi connectivity index (χ0v) is 16.0. The molecule has 0 aliphatic heterocycles. The van der Waals surface area contributed by atoms with Gasteiger partial charge in [0.1, 0.15) is 11.5 Å². The maximum absolute atomic E-state index is 5.95.